The maximum Gasteiger partial charge on any atom is 0.264 e. The summed E-state index contributed by atoms with van der Waals surface area (Å²) in [4.78, 5) is 52.3. The lowest BCUT2D eigenvalue weighted by atomic mass is 9.83. The Morgan fingerprint density at radius 2 is 0.924 bits per heavy atom. The normalized spacial score (nSPS) is 14.7. The number of aryl methyl sites for hydroxylation is 2. The van der Waals surface area contributed by atoms with Crippen molar-refractivity contribution in [1.29, 1.82) is 0 Å². The van der Waals surface area contributed by atoms with Crippen molar-refractivity contribution in [1.82, 2.24) is 14.3 Å². The number of ether oxygens (including phenoxy) is 2. The van der Waals surface area contributed by atoms with Crippen LogP contribution in [0.2, 0.25) is 0 Å². The van der Waals surface area contributed by atoms with Crippen LogP contribution in [0, 0.1) is 23.7 Å². The molecular formula is C71H95N3O5. The molecule has 0 saturated carbocycles. The number of imide groups is 1. The molecule has 2 aromatic heterocycles. The van der Waals surface area contributed by atoms with Gasteiger partial charge in [-0.15, -0.1) is 0 Å². The van der Waals surface area contributed by atoms with Crippen LogP contribution in [0.25, 0.3) is 70.5 Å². The minimum Gasteiger partial charge on any atom is -0.493 e. The fourth-order valence-electron chi connectivity index (χ4n) is 13.7. The van der Waals surface area contributed by atoms with Crippen molar-refractivity contribution >= 4 is 82.4 Å². The topological polar surface area (TPSA) is 90.2 Å². The monoisotopic (exact) mass is 1070 g/mol. The molecule has 0 aliphatic carbocycles. The van der Waals surface area contributed by atoms with Crippen molar-refractivity contribution < 1.29 is 19.1 Å². The summed E-state index contributed by atoms with van der Waals surface area (Å²) in [5, 5.41) is 8.47. The van der Waals surface area contributed by atoms with Crippen molar-refractivity contribution in [2.75, 3.05) is 19.8 Å². The van der Waals surface area contributed by atoms with Gasteiger partial charge in [0.25, 0.3) is 17.4 Å². The Morgan fingerprint density at radius 3 is 1.48 bits per heavy atom. The average Bonchev–Trinajstić information content (AvgIpc) is 3.83. The molecule has 3 heterocycles. The maximum atomic E-state index is 15.9. The minimum atomic E-state index is -0.264. The first-order valence-corrected chi connectivity index (χ1v) is 32.1. The van der Waals surface area contributed by atoms with Crippen LogP contribution >= 0.6 is 0 Å². The SMILES string of the molecule is CCCCCN1C(=O)c2ccc3c4ccc5c6c(cc(OCC(CC)CCCC)c(c7c(OCC(CC)CCCC)cc(c2c37)C1=O)c46)c(=O)n1c2cc(CCCC(CC)CCCC)c(CCCC(CC)CCCC)cc2nc51. The van der Waals surface area contributed by atoms with E-state index in [1.54, 1.807) is 0 Å². The van der Waals surface area contributed by atoms with Crippen molar-refractivity contribution in [2.45, 2.75) is 223 Å². The van der Waals surface area contributed by atoms with E-state index in [-0.39, 0.29) is 17.4 Å². The zero-order valence-electron chi connectivity index (χ0n) is 50.1. The number of nitrogens with zero attached hydrogens (tertiary/aromatic N) is 3. The van der Waals surface area contributed by atoms with Gasteiger partial charge in [-0.2, -0.15) is 0 Å². The highest BCUT2D eigenvalue weighted by Crippen LogP contribution is 2.52. The largest absolute Gasteiger partial charge is 0.493 e. The van der Waals surface area contributed by atoms with Crippen molar-refractivity contribution in [3.05, 3.63) is 81.1 Å². The number of rotatable bonds is 34. The van der Waals surface area contributed by atoms with Crippen LogP contribution in [0.1, 0.15) is 242 Å². The standard InChI is InChI=1S/C71H95N3O5/c1-10-19-24-39-73-69(75)55-38-36-53-52-35-37-54-62-57(71(77)74-59-41-51(34-26-32-47(16-7)28-21-12-3)50(40-58(59)72-68(54)74)33-25-31-46(15-6)27-20-11-2)43-61(79-45-49(18-9)30-23-14-5)66(64(52)62)67-60(78-44-48(17-8)29-22-13-4)42-56(70(73)76)63(55)65(53)67/h35-38,40-43,46-49H,10-34,39,44-45H2,1-9H3. The number of benzene rings is 6. The van der Waals surface area contributed by atoms with E-state index in [1.807, 2.05) is 22.6 Å². The summed E-state index contributed by atoms with van der Waals surface area (Å²) in [5.41, 5.74) is 6.14. The highest BCUT2D eigenvalue weighted by atomic mass is 16.5. The number of carbonyl (C=O) groups is 2. The number of hydrogen-bond acceptors (Lipinski definition) is 6. The molecule has 0 spiro atoms. The molecule has 0 bridgehead atoms. The predicted octanol–water partition coefficient (Wildman–Crippen LogP) is 19.5. The van der Waals surface area contributed by atoms with E-state index in [1.165, 1.54) is 80.2 Å². The second-order valence-electron chi connectivity index (χ2n) is 24.1. The van der Waals surface area contributed by atoms with Crippen LogP contribution in [0.3, 0.4) is 0 Å². The van der Waals surface area contributed by atoms with E-state index in [0.29, 0.717) is 70.6 Å². The number of unbranched alkanes of at least 4 members (excludes halogenated alkanes) is 6. The van der Waals surface area contributed by atoms with Crippen LogP contribution in [-0.2, 0) is 12.8 Å². The molecule has 9 rings (SSSR count). The third-order valence-corrected chi connectivity index (χ3v) is 18.9. The van der Waals surface area contributed by atoms with Gasteiger partial charge in [-0.1, -0.05) is 190 Å². The van der Waals surface area contributed by atoms with Gasteiger partial charge in [-0.25, -0.2) is 4.98 Å². The van der Waals surface area contributed by atoms with Gasteiger partial charge in [-0.05, 0) is 127 Å². The highest BCUT2D eigenvalue weighted by molar-refractivity contribution is 6.43. The Kier molecular flexibility index (Phi) is 19.8. The summed E-state index contributed by atoms with van der Waals surface area (Å²) in [7, 11) is 0. The van der Waals surface area contributed by atoms with Crippen LogP contribution in [0.5, 0.6) is 11.5 Å². The van der Waals surface area contributed by atoms with Crippen LogP contribution in [-0.4, -0.2) is 45.9 Å². The summed E-state index contributed by atoms with van der Waals surface area (Å²) < 4.78 is 16.3. The number of hydrogen-bond donors (Lipinski definition) is 0. The molecule has 0 fully saturated rings. The van der Waals surface area contributed by atoms with Gasteiger partial charge in [0.2, 0.25) is 0 Å². The lowest BCUT2D eigenvalue weighted by Crippen LogP contribution is -2.41. The van der Waals surface area contributed by atoms with E-state index in [0.717, 1.165) is 162 Å². The minimum absolute atomic E-state index is 0.0869. The molecule has 0 radical (unpaired) electrons. The number of aromatic nitrogens is 2. The van der Waals surface area contributed by atoms with Crippen LogP contribution in [0.15, 0.2) is 53.3 Å². The van der Waals surface area contributed by atoms with Gasteiger partial charge >= 0.3 is 0 Å². The molecule has 1 aliphatic rings. The summed E-state index contributed by atoms with van der Waals surface area (Å²) >= 11 is 0. The van der Waals surface area contributed by atoms with Gasteiger partial charge in [0.05, 0.1) is 35.2 Å². The molecule has 1 aliphatic heterocycles. The van der Waals surface area contributed by atoms with Crippen LogP contribution in [0.4, 0.5) is 0 Å². The molecule has 8 aromatic rings. The van der Waals surface area contributed by atoms with Crippen LogP contribution < -0.4 is 15.0 Å². The first-order chi connectivity index (χ1) is 38.6. The molecular weight excluding hydrogens is 975 g/mol. The summed E-state index contributed by atoms with van der Waals surface area (Å²) in [6.07, 6.45) is 28.0. The molecule has 424 valence electrons. The van der Waals surface area contributed by atoms with Gasteiger partial charge in [0, 0.05) is 49.8 Å². The molecule has 79 heavy (non-hydrogen) atoms. The van der Waals surface area contributed by atoms with Crippen molar-refractivity contribution in [3.63, 3.8) is 0 Å². The highest BCUT2D eigenvalue weighted by Gasteiger charge is 2.36. The third kappa shape index (κ3) is 11.7. The van der Waals surface area contributed by atoms with Gasteiger partial charge in [0.15, 0.2) is 0 Å². The van der Waals surface area contributed by atoms with E-state index in [2.05, 4.69) is 92.6 Å². The predicted molar refractivity (Wildman–Crippen MR) is 334 cm³/mol. The van der Waals surface area contributed by atoms with E-state index in [4.69, 9.17) is 14.5 Å². The third-order valence-electron chi connectivity index (χ3n) is 18.9. The molecule has 4 atom stereocenters. The fourth-order valence-corrected chi connectivity index (χ4v) is 13.7. The molecule has 2 amide bonds. The molecule has 4 unspecified atom stereocenters. The number of amides is 2. The molecule has 8 heteroatoms. The maximum absolute atomic E-state index is 15.9. The molecule has 0 N–H and O–H groups in total. The zero-order valence-corrected chi connectivity index (χ0v) is 50.1. The molecule has 6 aromatic carbocycles. The Morgan fingerprint density at radius 1 is 0.443 bits per heavy atom. The lowest BCUT2D eigenvalue weighted by molar-refractivity contribution is 0.0607. The van der Waals surface area contributed by atoms with Gasteiger partial charge < -0.3 is 9.47 Å². The molecule has 8 nitrogen and oxygen atoms in total. The summed E-state index contributed by atoms with van der Waals surface area (Å²) in [6.45, 7) is 21.8. The smallest absolute Gasteiger partial charge is 0.264 e. The molecule has 0 saturated heterocycles. The Bertz CT molecular complexity index is 3430. The second kappa shape index (κ2) is 26.8. The number of carbonyl (C=O) groups excluding carboxylic acids is 2. The quantitative estimate of drug-likeness (QED) is 0.0173. The van der Waals surface area contributed by atoms with E-state index < -0.39 is 0 Å². The first-order valence-electron chi connectivity index (χ1n) is 32.1. The Hall–Kier alpha value is -5.50. The van der Waals surface area contributed by atoms with Gasteiger partial charge in [-0.3, -0.25) is 23.7 Å². The number of pyridine rings is 1. The number of imidazole rings is 1. The zero-order chi connectivity index (χ0) is 55.7. The first kappa shape index (κ1) is 58.2. The van der Waals surface area contributed by atoms with E-state index >= 15 is 4.79 Å². The average molecular weight is 1070 g/mol. The van der Waals surface area contributed by atoms with Gasteiger partial charge in [0.1, 0.15) is 17.1 Å². The number of fused-ring (bicyclic) bond motifs is 6. The Labute approximate surface area is 472 Å². The second-order valence-corrected chi connectivity index (χ2v) is 24.1. The van der Waals surface area contributed by atoms with E-state index in [9.17, 15) is 9.59 Å². The Balaban J connectivity index is 1.31. The fraction of sp³-hybridized carbons (Fsp3) is 0.577. The lowest BCUT2D eigenvalue weighted by Gasteiger charge is -2.30. The summed E-state index contributed by atoms with van der Waals surface area (Å²) in [6, 6.07) is 17.0. The summed E-state index contributed by atoms with van der Waals surface area (Å²) in [5.74, 6) is 2.90. The van der Waals surface area contributed by atoms with Crippen molar-refractivity contribution in [2.24, 2.45) is 23.7 Å². The van der Waals surface area contributed by atoms with Crippen molar-refractivity contribution in [3.8, 4) is 11.5 Å².